The van der Waals surface area contributed by atoms with Crippen LogP contribution in [0.25, 0.3) is 0 Å². The van der Waals surface area contributed by atoms with Crippen LogP contribution in [0.2, 0.25) is 0 Å². The van der Waals surface area contributed by atoms with Gasteiger partial charge in [0.1, 0.15) is 5.88 Å². The molecule has 4 heteroatoms. The highest BCUT2D eigenvalue weighted by molar-refractivity contribution is 6.29. The number of hydrogen-bond donors (Lipinski definition) is 0. The van der Waals surface area contributed by atoms with Crippen molar-refractivity contribution in [1.29, 1.82) is 0 Å². The van der Waals surface area contributed by atoms with Crippen molar-refractivity contribution in [2.24, 2.45) is 0 Å². The summed E-state index contributed by atoms with van der Waals surface area (Å²) in [4.78, 5) is 23.2. The maximum absolute atomic E-state index is 11.1. The first kappa shape index (κ1) is 9.00. The molecule has 0 aromatic carbocycles. The second kappa shape index (κ2) is 3.11. The summed E-state index contributed by atoms with van der Waals surface area (Å²) in [5, 5.41) is 0. The molecule has 1 aliphatic rings. The third kappa shape index (κ3) is 1.28. The van der Waals surface area contributed by atoms with E-state index in [1.165, 1.54) is 0 Å². The van der Waals surface area contributed by atoms with Crippen LogP contribution in [0.15, 0.2) is 24.4 Å². The molecule has 0 bridgehead atoms. The summed E-state index contributed by atoms with van der Waals surface area (Å²) in [6.07, 6.45) is 0.168. The minimum Gasteiger partial charge on any atom is -0.274 e. The van der Waals surface area contributed by atoms with Gasteiger partial charge in [0.05, 0.1) is 6.42 Å². The fourth-order valence-electron chi connectivity index (χ4n) is 1.02. The summed E-state index contributed by atoms with van der Waals surface area (Å²) in [6.45, 7) is 7.16. The Morgan fingerprint density at radius 2 is 2.17 bits per heavy atom. The van der Waals surface area contributed by atoms with Gasteiger partial charge in [-0.1, -0.05) is 13.2 Å². The molecule has 0 aliphatic carbocycles. The molecule has 0 radical (unpaired) electrons. The topological polar surface area (TPSA) is 37.4 Å². The van der Waals surface area contributed by atoms with Gasteiger partial charge >= 0.3 is 0 Å². The minimum absolute atomic E-state index is 0.168. The highest BCUT2D eigenvalue weighted by Crippen LogP contribution is 2.25. The molecule has 3 nitrogen and oxygen atoms in total. The van der Waals surface area contributed by atoms with Crippen LogP contribution < -0.4 is 0 Å². The number of carbonyl (C=O) groups is 2. The van der Waals surface area contributed by atoms with Gasteiger partial charge in [-0.15, -0.1) is 11.6 Å². The lowest BCUT2D eigenvalue weighted by Gasteiger charge is -2.12. The monoisotopic (exact) mass is 185 g/mol. The highest BCUT2D eigenvalue weighted by atomic mass is 35.5. The Kier molecular flexibility index (Phi) is 2.33. The fraction of sp³-hybridized carbons (Fsp3) is 0.250. The Labute approximate surface area is 75.3 Å². The molecule has 0 N–H and O–H groups in total. The van der Waals surface area contributed by atoms with Crippen LogP contribution in [0.5, 0.6) is 0 Å². The zero-order chi connectivity index (χ0) is 9.30. The second-order valence-electron chi connectivity index (χ2n) is 2.48. The first-order valence-electron chi connectivity index (χ1n) is 3.36. The first-order chi connectivity index (χ1) is 5.57. The van der Waals surface area contributed by atoms with Gasteiger partial charge < -0.3 is 0 Å². The molecule has 0 spiro atoms. The number of rotatable bonds is 1. The summed E-state index contributed by atoms with van der Waals surface area (Å²) in [5.74, 6) is -0.945. The molecule has 0 saturated carbocycles. The number of imide groups is 1. The third-order valence-electron chi connectivity index (χ3n) is 1.66. The van der Waals surface area contributed by atoms with E-state index < -0.39 is 5.91 Å². The largest absolute Gasteiger partial charge is 0.274 e. The van der Waals surface area contributed by atoms with Crippen LogP contribution in [0, 0.1) is 0 Å². The van der Waals surface area contributed by atoms with E-state index in [0.29, 0.717) is 11.3 Å². The number of likely N-dealkylation sites (tertiary alicyclic amines) is 1. The molecule has 1 saturated heterocycles. The number of alkyl halides is 1. The Hall–Kier alpha value is -1.09. The van der Waals surface area contributed by atoms with Crippen molar-refractivity contribution < 1.29 is 9.59 Å². The number of nitrogens with zero attached hydrogens (tertiary/aromatic N) is 1. The van der Waals surface area contributed by atoms with Gasteiger partial charge in [-0.05, 0) is 5.57 Å². The molecular formula is C8H8ClNO2. The van der Waals surface area contributed by atoms with E-state index in [0.717, 1.165) is 4.90 Å². The lowest BCUT2D eigenvalue weighted by Crippen LogP contribution is -2.31. The van der Waals surface area contributed by atoms with Crippen LogP contribution >= 0.6 is 11.6 Å². The molecule has 0 atom stereocenters. The van der Waals surface area contributed by atoms with Crippen molar-refractivity contribution >= 4 is 23.4 Å². The van der Waals surface area contributed by atoms with Crippen molar-refractivity contribution in [3.05, 3.63) is 24.4 Å². The van der Waals surface area contributed by atoms with Crippen molar-refractivity contribution in [1.82, 2.24) is 4.90 Å². The average Bonchev–Trinajstić information content (AvgIpc) is 2.26. The highest BCUT2D eigenvalue weighted by Gasteiger charge is 2.31. The SMILES string of the molecule is C=C1CC(=O)N(C(=O)CCl)C1=C. The van der Waals surface area contributed by atoms with Gasteiger partial charge in [0.25, 0.3) is 0 Å². The summed E-state index contributed by atoms with van der Waals surface area (Å²) in [6, 6.07) is 0. The van der Waals surface area contributed by atoms with E-state index in [1.807, 2.05) is 0 Å². The van der Waals surface area contributed by atoms with E-state index >= 15 is 0 Å². The smallest absolute Gasteiger partial charge is 0.248 e. The van der Waals surface area contributed by atoms with Gasteiger partial charge in [0, 0.05) is 5.70 Å². The van der Waals surface area contributed by atoms with E-state index in [2.05, 4.69) is 13.2 Å². The van der Waals surface area contributed by atoms with Crippen LogP contribution in [0.1, 0.15) is 6.42 Å². The van der Waals surface area contributed by atoms with Crippen molar-refractivity contribution in [3.8, 4) is 0 Å². The maximum Gasteiger partial charge on any atom is 0.248 e. The van der Waals surface area contributed by atoms with E-state index in [-0.39, 0.29) is 18.2 Å². The van der Waals surface area contributed by atoms with Gasteiger partial charge in [0.15, 0.2) is 0 Å². The summed E-state index contributed by atoms with van der Waals surface area (Å²) in [5.41, 5.74) is 0.948. The molecule has 1 rings (SSSR count). The van der Waals surface area contributed by atoms with Crippen LogP contribution in [-0.2, 0) is 9.59 Å². The molecule has 0 aromatic rings. The van der Waals surface area contributed by atoms with Crippen molar-refractivity contribution in [2.45, 2.75) is 6.42 Å². The number of carbonyl (C=O) groups excluding carboxylic acids is 2. The Bertz CT molecular complexity index is 283. The number of allylic oxidation sites excluding steroid dienone is 1. The zero-order valence-electron chi connectivity index (χ0n) is 6.47. The fourth-order valence-corrected chi connectivity index (χ4v) is 1.14. The standard InChI is InChI=1S/C8H8ClNO2/c1-5-3-7(11)10(6(5)2)8(12)4-9/h1-4H2. The molecule has 1 fully saturated rings. The van der Waals surface area contributed by atoms with Gasteiger partial charge in [-0.3, -0.25) is 9.59 Å². The van der Waals surface area contributed by atoms with Crippen LogP contribution in [0.3, 0.4) is 0 Å². The predicted molar refractivity (Wildman–Crippen MR) is 45.5 cm³/mol. The Balaban J connectivity index is 2.91. The van der Waals surface area contributed by atoms with E-state index in [4.69, 9.17) is 11.6 Å². The second-order valence-corrected chi connectivity index (χ2v) is 2.75. The summed E-state index contributed by atoms with van der Waals surface area (Å²) in [7, 11) is 0. The zero-order valence-corrected chi connectivity index (χ0v) is 7.23. The Morgan fingerprint density at radius 3 is 2.50 bits per heavy atom. The third-order valence-corrected chi connectivity index (χ3v) is 1.88. The first-order valence-corrected chi connectivity index (χ1v) is 3.90. The Morgan fingerprint density at radius 1 is 1.58 bits per heavy atom. The normalized spacial score (nSPS) is 17.4. The molecule has 12 heavy (non-hydrogen) atoms. The van der Waals surface area contributed by atoms with Crippen LogP contribution in [0.4, 0.5) is 0 Å². The predicted octanol–water partition coefficient (Wildman–Crippen LogP) is 1.05. The lowest BCUT2D eigenvalue weighted by molar-refractivity contribution is -0.138. The maximum atomic E-state index is 11.1. The molecule has 1 aliphatic heterocycles. The number of hydrogen-bond acceptors (Lipinski definition) is 2. The molecule has 64 valence electrons. The van der Waals surface area contributed by atoms with E-state index in [9.17, 15) is 9.59 Å². The van der Waals surface area contributed by atoms with Crippen molar-refractivity contribution in [2.75, 3.05) is 5.88 Å². The van der Waals surface area contributed by atoms with Crippen molar-refractivity contribution in [3.63, 3.8) is 0 Å². The van der Waals surface area contributed by atoms with Gasteiger partial charge in [0.2, 0.25) is 11.8 Å². The van der Waals surface area contributed by atoms with Gasteiger partial charge in [-0.2, -0.15) is 0 Å². The summed E-state index contributed by atoms with van der Waals surface area (Å²) >= 11 is 5.30. The van der Waals surface area contributed by atoms with Gasteiger partial charge in [-0.25, -0.2) is 4.90 Å². The molecule has 1 heterocycles. The molecule has 0 aromatic heterocycles. The summed E-state index contributed by atoms with van der Waals surface area (Å²) < 4.78 is 0. The van der Waals surface area contributed by atoms with Crippen LogP contribution in [-0.4, -0.2) is 22.6 Å². The minimum atomic E-state index is -0.440. The quantitative estimate of drug-likeness (QED) is 0.573. The lowest BCUT2D eigenvalue weighted by atomic mass is 10.2. The number of amides is 2. The molecular weight excluding hydrogens is 178 g/mol. The van der Waals surface area contributed by atoms with E-state index in [1.54, 1.807) is 0 Å². The number of halogens is 1. The molecule has 2 amide bonds. The molecule has 0 unspecified atom stereocenters. The average molecular weight is 186 g/mol.